The van der Waals surface area contributed by atoms with Crippen LogP contribution in [-0.4, -0.2) is 67.5 Å². The molecule has 1 saturated carbocycles. The van der Waals surface area contributed by atoms with Crippen molar-refractivity contribution in [2.24, 2.45) is 5.92 Å². The minimum Gasteiger partial charge on any atom is -0.492 e. The smallest absolute Gasteiger partial charge is 0.243 e. The van der Waals surface area contributed by atoms with Gasteiger partial charge in [-0.25, -0.2) is 8.78 Å². The molecule has 0 spiro atoms. The van der Waals surface area contributed by atoms with Crippen LogP contribution in [0.3, 0.4) is 0 Å². The predicted molar refractivity (Wildman–Crippen MR) is 142 cm³/mol. The van der Waals surface area contributed by atoms with Crippen molar-refractivity contribution in [1.82, 2.24) is 20.9 Å². The molecular formula is C29H36F2N4O4. The highest BCUT2D eigenvalue weighted by Gasteiger charge is 2.39. The highest BCUT2D eigenvalue weighted by atomic mass is 19.2. The van der Waals surface area contributed by atoms with Crippen molar-refractivity contribution in [3.05, 3.63) is 65.2 Å². The Hall–Kier alpha value is -3.53. The third-order valence-corrected chi connectivity index (χ3v) is 7.34. The number of carbonyl (C=O) groups is 3. The van der Waals surface area contributed by atoms with Crippen LogP contribution >= 0.6 is 0 Å². The van der Waals surface area contributed by atoms with E-state index in [1.165, 1.54) is 11.0 Å². The van der Waals surface area contributed by atoms with Gasteiger partial charge in [-0.05, 0) is 67.9 Å². The summed E-state index contributed by atoms with van der Waals surface area (Å²) >= 11 is 0. The average Bonchev–Trinajstić information content (AvgIpc) is 3.77. The van der Waals surface area contributed by atoms with E-state index in [2.05, 4.69) is 16.0 Å². The fourth-order valence-corrected chi connectivity index (χ4v) is 4.72. The molecular weight excluding hydrogens is 506 g/mol. The van der Waals surface area contributed by atoms with Gasteiger partial charge in [0.2, 0.25) is 17.7 Å². The van der Waals surface area contributed by atoms with E-state index in [0.717, 1.165) is 36.3 Å². The van der Waals surface area contributed by atoms with Gasteiger partial charge in [0.15, 0.2) is 11.6 Å². The zero-order valence-electron chi connectivity index (χ0n) is 22.3. The second kappa shape index (κ2) is 13.0. The first kappa shape index (κ1) is 28.5. The number of aryl methyl sites for hydroxylation is 1. The summed E-state index contributed by atoms with van der Waals surface area (Å²) in [5, 5.41) is 8.89. The molecule has 0 saturated heterocycles. The van der Waals surface area contributed by atoms with E-state index >= 15 is 0 Å². The normalized spacial score (nSPS) is 24.1. The Labute approximate surface area is 227 Å². The molecule has 1 heterocycles. The van der Waals surface area contributed by atoms with Gasteiger partial charge in [-0.15, -0.1) is 0 Å². The largest absolute Gasteiger partial charge is 0.492 e. The van der Waals surface area contributed by atoms with E-state index in [0.29, 0.717) is 38.1 Å². The Bertz CT molecular complexity index is 1190. The van der Waals surface area contributed by atoms with Gasteiger partial charge >= 0.3 is 0 Å². The van der Waals surface area contributed by atoms with Crippen LogP contribution < -0.4 is 20.7 Å². The lowest BCUT2D eigenvalue weighted by molar-refractivity contribution is -0.141. The number of fused-ring (bicyclic) bond motifs is 1. The molecule has 1 aliphatic heterocycles. The van der Waals surface area contributed by atoms with Gasteiger partial charge < -0.3 is 25.6 Å². The van der Waals surface area contributed by atoms with Gasteiger partial charge in [-0.1, -0.05) is 24.3 Å². The Morgan fingerprint density at radius 2 is 1.77 bits per heavy atom. The molecule has 0 radical (unpaired) electrons. The number of halogens is 2. The molecule has 0 unspecified atom stereocenters. The van der Waals surface area contributed by atoms with E-state index < -0.39 is 41.6 Å². The Morgan fingerprint density at radius 1 is 1.00 bits per heavy atom. The summed E-state index contributed by atoms with van der Waals surface area (Å²) in [6, 6.07) is 8.75. The maximum atomic E-state index is 13.8. The third kappa shape index (κ3) is 7.53. The molecule has 1 fully saturated rings. The monoisotopic (exact) mass is 542 g/mol. The average molecular weight is 543 g/mol. The van der Waals surface area contributed by atoms with E-state index in [9.17, 15) is 23.2 Å². The van der Waals surface area contributed by atoms with Crippen LogP contribution in [0, 0.1) is 17.6 Å². The highest BCUT2D eigenvalue weighted by Crippen LogP contribution is 2.33. The number of ether oxygens (including phenoxy) is 1. The number of hydrogen-bond donors (Lipinski definition) is 3. The van der Waals surface area contributed by atoms with E-state index in [4.69, 9.17) is 4.74 Å². The molecule has 2 aromatic carbocycles. The number of likely N-dealkylation sites (N-methyl/N-ethyl adjacent to an activating group) is 1. The lowest BCUT2D eigenvalue weighted by Gasteiger charge is -2.30. The number of carbonyl (C=O) groups excluding carboxylic acids is 3. The van der Waals surface area contributed by atoms with Crippen LogP contribution in [0.25, 0.3) is 0 Å². The Morgan fingerprint density at radius 3 is 2.51 bits per heavy atom. The van der Waals surface area contributed by atoms with Crippen molar-refractivity contribution in [3.8, 4) is 5.75 Å². The van der Waals surface area contributed by atoms with Crippen molar-refractivity contribution >= 4 is 17.7 Å². The van der Waals surface area contributed by atoms with Crippen molar-refractivity contribution in [2.75, 3.05) is 26.7 Å². The summed E-state index contributed by atoms with van der Waals surface area (Å²) in [4.78, 5) is 41.1. The molecule has 0 bridgehead atoms. The fourth-order valence-electron chi connectivity index (χ4n) is 4.72. The highest BCUT2D eigenvalue weighted by molar-refractivity contribution is 5.93. The van der Waals surface area contributed by atoms with Crippen LogP contribution in [0.5, 0.6) is 5.75 Å². The van der Waals surface area contributed by atoms with Gasteiger partial charge in [0, 0.05) is 26.6 Å². The summed E-state index contributed by atoms with van der Waals surface area (Å²) in [6.45, 7) is 2.80. The van der Waals surface area contributed by atoms with E-state index in [-0.39, 0.29) is 18.2 Å². The Balaban J connectivity index is 1.55. The number of nitrogens with zero attached hydrogens (tertiary/aromatic N) is 1. The van der Waals surface area contributed by atoms with Crippen molar-refractivity contribution in [2.45, 2.75) is 57.2 Å². The van der Waals surface area contributed by atoms with Gasteiger partial charge in [0.1, 0.15) is 24.4 Å². The van der Waals surface area contributed by atoms with Crippen LogP contribution in [-0.2, 0) is 27.2 Å². The summed E-state index contributed by atoms with van der Waals surface area (Å²) in [6.07, 6.45) is 3.11. The van der Waals surface area contributed by atoms with Crippen molar-refractivity contribution in [1.29, 1.82) is 0 Å². The molecule has 4 rings (SSSR count). The topological polar surface area (TPSA) is 99.8 Å². The SMILES string of the molecule is C[C@@H]1C(=O)N[C@H](Cc2ccc(F)c(F)c2)C(=O)NCCCc2ccccc2OCCN[C@@H](C2CC2)C(=O)N1C. The number of nitrogens with one attached hydrogen (secondary N) is 3. The number of hydrogen-bond acceptors (Lipinski definition) is 5. The quantitative estimate of drug-likeness (QED) is 0.553. The molecule has 210 valence electrons. The van der Waals surface area contributed by atoms with Gasteiger partial charge in [0.05, 0.1) is 6.04 Å². The first-order chi connectivity index (χ1) is 18.7. The molecule has 8 nitrogen and oxygen atoms in total. The maximum absolute atomic E-state index is 13.8. The van der Waals surface area contributed by atoms with E-state index in [1.807, 2.05) is 24.3 Å². The summed E-state index contributed by atoms with van der Waals surface area (Å²) in [5.41, 5.74) is 1.36. The van der Waals surface area contributed by atoms with Crippen LogP contribution in [0.15, 0.2) is 42.5 Å². The lowest BCUT2D eigenvalue weighted by atomic mass is 10.0. The first-order valence-corrected chi connectivity index (χ1v) is 13.5. The molecule has 1 aliphatic carbocycles. The zero-order valence-corrected chi connectivity index (χ0v) is 22.3. The molecule has 39 heavy (non-hydrogen) atoms. The van der Waals surface area contributed by atoms with Crippen LogP contribution in [0.1, 0.15) is 37.3 Å². The number of para-hydroxylation sites is 1. The first-order valence-electron chi connectivity index (χ1n) is 13.5. The predicted octanol–water partition coefficient (Wildman–Crippen LogP) is 2.35. The van der Waals surface area contributed by atoms with Gasteiger partial charge in [0.25, 0.3) is 0 Å². The second-order valence-corrected chi connectivity index (χ2v) is 10.3. The van der Waals surface area contributed by atoms with Crippen LogP contribution in [0.2, 0.25) is 0 Å². The summed E-state index contributed by atoms with van der Waals surface area (Å²) < 4.78 is 33.3. The second-order valence-electron chi connectivity index (χ2n) is 10.3. The number of amides is 3. The number of benzene rings is 2. The minimum absolute atomic E-state index is 0.0396. The summed E-state index contributed by atoms with van der Waals surface area (Å²) in [5.74, 6) is -2.23. The Kier molecular flexibility index (Phi) is 9.50. The maximum Gasteiger partial charge on any atom is 0.243 e. The lowest BCUT2D eigenvalue weighted by Crippen LogP contribution is -2.56. The van der Waals surface area contributed by atoms with Gasteiger partial charge in [-0.2, -0.15) is 0 Å². The molecule has 3 N–H and O–H groups in total. The standard InChI is InChI=1S/C29H36F2N4O4/c1-18-27(36)34-24(17-19-9-12-22(30)23(31)16-19)28(37)33-13-5-7-20-6-3-4-8-25(20)39-15-14-32-26(21-10-11-21)29(38)35(18)2/h3-4,6,8-9,12,16,18,21,24,26,32H,5,7,10-11,13-15,17H2,1-2H3,(H,33,37)(H,34,36)/t18-,24-,26+/m1/s1. The molecule has 10 heteroatoms. The third-order valence-electron chi connectivity index (χ3n) is 7.34. The zero-order chi connectivity index (χ0) is 27.9. The number of rotatable bonds is 3. The fraction of sp³-hybridized carbons (Fsp3) is 0.483. The van der Waals surface area contributed by atoms with Crippen molar-refractivity contribution in [3.63, 3.8) is 0 Å². The summed E-state index contributed by atoms with van der Waals surface area (Å²) in [7, 11) is 1.57. The molecule has 3 atom stereocenters. The molecule has 0 aromatic heterocycles. The van der Waals surface area contributed by atoms with Crippen molar-refractivity contribution < 1.29 is 27.9 Å². The molecule has 2 aliphatic rings. The molecule has 2 aromatic rings. The van der Waals surface area contributed by atoms with E-state index in [1.54, 1.807) is 14.0 Å². The van der Waals surface area contributed by atoms with Gasteiger partial charge in [-0.3, -0.25) is 14.4 Å². The molecule has 3 amide bonds. The minimum atomic E-state index is -1.04. The van der Waals surface area contributed by atoms with Crippen LogP contribution in [0.4, 0.5) is 8.78 Å².